The number of rotatable bonds is 3. The molecule has 9 rings (SSSR count). The Kier molecular flexibility index (Phi) is 3.95. The van der Waals surface area contributed by atoms with Crippen LogP contribution in [0.5, 0.6) is 0 Å². The molecular weight excluding hydrogens is 520 g/mol. The van der Waals surface area contributed by atoms with Gasteiger partial charge in [0.05, 0.1) is 9.60 Å². The summed E-state index contributed by atoms with van der Waals surface area (Å²) in [5, 5.41) is 5.19. The zero-order valence-electron chi connectivity index (χ0n) is 29.9. The van der Waals surface area contributed by atoms with E-state index in [0.717, 1.165) is 65.7 Å². The zero-order valence-corrected chi connectivity index (χ0v) is 22.9. The molecule has 8 aromatic carbocycles. The maximum atomic E-state index is 9.27. The minimum Gasteiger partial charge on any atom is -0.456 e. The van der Waals surface area contributed by atoms with Crippen molar-refractivity contribution in [1.29, 1.82) is 0 Å². The molecule has 0 spiro atoms. The topological polar surface area (TPSA) is 13.1 Å². The molecule has 0 aliphatic heterocycles. The largest absolute Gasteiger partial charge is 0.456 e. The van der Waals surface area contributed by atoms with Gasteiger partial charge in [0.2, 0.25) is 0 Å². The third kappa shape index (κ3) is 3.58. The summed E-state index contributed by atoms with van der Waals surface area (Å²) in [5.74, 6) is 0. The van der Waals surface area contributed by atoms with Gasteiger partial charge < -0.3 is 4.42 Å². The number of benzene rings is 8. The van der Waals surface area contributed by atoms with Gasteiger partial charge in [-0.3, -0.25) is 0 Å². The molecular formula is C42H26O. The van der Waals surface area contributed by atoms with Crippen LogP contribution in [0.3, 0.4) is 0 Å². The first-order valence-corrected chi connectivity index (χ1v) is 14.2. The van der Waals surface area contributed by atoms with Crippen LogP contribution in [0.1, 0.15) is 9.60 Å². The fourth-order valence-corrected chi connectivity index (χ4v) is 6.60. The molecule has 43 heavy (non-hydrogen) atoms. The van der Waals surface area contributed by atoms with Crippen molar-refractivity contribution >= 4 is 54.3 Å². The van der Waals surface area contributed by atoms with E-state index >= 15 is 0 Å². The van der Waals surface area contributed by atoms with Gasteiger partial charge in [0, 0.05) is 16.3 Å². The number of hydrogen-bond donors (Lipinski definition) is 0. The number of hydrogen-bond acceptors (Lipinski definition) is 1. The van der Waals surface area contributed by atoms with Crippen LogP contribution >= 0.6 is 0 Å². The molecule has 1 heterocycles. The van der Waals surface area contributed by atoms with Gasteiger partial charge in [0.1, 0.15) is 11.2 Å². The zero-order chi connectivity index (χ0) is 34.4. The van der Waals surface area contributed by atoms with Crippen molar-refractivity contribution in [3.63, 3.8) is 0 Å². The van der Waals surface area contributed by atoms with Crippen molar-refractivity contribution in [2.75, 3.05) is 0 Å². The quantitative estimate of drug-likeness (QED) is 0.198. The molecule has 0 aliphatic rings. The van der Waals surface area contributed by atoms with Crippen LogP contribution in [-0.4, -0.2) is 0 Å². The average Bonchev–Trinajstić information content (AvgIpc) is 3.53. The van der Waals surface area contributed by atoms with E-state index in [1.54, 1.807) is 0 Å². The number of para-hydroxylation sites is 1. The maximum Gasteiger partial charge on any atom is 0.136 e. The van der Waals surface area contributed by atoms with Crippen LogP contribution in [-0.2, 0) is 0 Å². The van der Waals surface area contributed by atoms with Crippen LogP contribution in [0.2, 0.25) is 0 Å². The van der Waals surface area contributed by atoms with Crippen molar-refractivity contribution in [1.82, 2.24) is 0 Å². The van der Waals surface area contributed by atoms with Crippen LogP contribution < -0.4 is 0 Å². The second-order valence-electron chi connectivity index (χ2n) is 10.7. The lowest BCUT2D eigenvalue weighted by Crippen LogP contribution is -1.94. The van der Waals surface area contributed by atoms with Gasteiger partial charge in [0.15, 0.2) is 0 Å². The normalized spacial score (nSPS) is 14.0. The molecule has 1 nitrogen and oxygen atoms in total. The van der Waals surface area contributed by atoms with Gasteiger partial charge in [-0.2, -0.15) is 0 Å². The first kappa shape index (κ1) is 18.0. The summed E-state index contributed by atoms with van der Waals surface area (Å²) >= 11 is 0. The lowest BCUT2D eigenvalue weighted by atomic mass is 9.81. The van der Waals surface area contributed by atoms with Crippen molar-refractivity contribution in [2.24, 2.45) is 0 Å². The Morgan fingerprint density at radius 3 is 1.74 bits per heavy atom. The van der Waals surface area contributed by atoms with Crippen LogP contribution in [0.25, 0.3) is 87.6 Å². The molecule has 9 aromatic rings. The van der Waals surface area contributed by atoms with Crippen LogP contribution in [0.15, 0.2) is 162 Å². The van der Waals surface area contributed by atoms with Crippen molar-refractivity contribution < 1.29 is 14.0 Å². The minimum atomic E-state index is -0.474. The van der Waals surface area contributed by atoms with Gasteiger partial charge in [-0.25, -0.2) is 0 Å². The Balaban J connectivity index is 1.54. The predicted octanol–water partition coefficient (Wildman–Crippen LogP) is 12.0. The highest BCUT2D eigenvalue weighted by atomic mass is 16.3. The van der Waals surface area contributed by atoms with E-state index in [2.05, 4.69) is 24.3 Å². The van der Waals surface area contributed by atoms with Gasteiger partial charge in [-0.1, -0.05) is 145 Å². The Morgan fingerprint density at radius 1 is 0.395 bits per heavy atom. The average molecular weight is 554 g/mol. The molecule has 0 aliphatic carbocycles. The summed E-state index contributed by atoms with van der Waals surface area (Å²) in [6, 6.07) is 35.4. The highest BCUT2D eigenvalue weighted by molar-refractivity contribution is 6.28. The Labute approximate surface area is 259 Å². The molecule has 0 saturated heterocycles. The summed E-state index contributed by atoms with van der Waals surface area (Å²) in [5.41, 5.74) is 6.31. The van der Waals surface area contributed by atoms with Gasteiger partial charge in [0.25, 0.3) is 0 Å². The van der Waals surface area contributed by atoms with E-state index in [9.17, 15) is 1.37 Å². The second kappa shape index (κ2) is 9.44. The summed E-state index contributed by atoms with van der Waals surface area (Å²) in [6.45, 7) is 0. The molecule has 1 aromatic heterocycles. The third-order valence-electron chi connectivity index (χ3n) is 8.37. The Hall–Kier alpha value is -5.66. The van der Waals surface area contributed by atoms with Crippen LogP contribution in [0.4, 0.5) is 0 Å². The molecule has 0 unspecified atom stereocenters. The fourth-order valence-electron chi connectivity index (χ4n) is 6.60. The van der Waals surface area contributed by atoms with E-state index < -0.39 is 30.2 Å². The van der Waals surface area contributed by atoms with E-state index in [0.29, 0.717) is 5.56 Å². The van der Waals surface area contributed by atoms with Gasteiger partial charge in [-0.15, -0.1) is 0 Å². The smallest absolute Gasteiger partial charge is 0.136 e. The predicted molar refractivity (Wildman–Crippen MR) is 183 cm³/mol. The van der Waals surface area contributed by atoms with Gasteiger partial charge >= 0.3 is 0 Å². The monoisotopic (exact) mass is 553 g/mol. The molecule has 0 amide bonds. The molecule has 0 N–H and O–H groups in total. The molecule has 0 saturated carbocycles. The molecule has 1 heteroatoms. The lowest BCUT2D eigenvalue weighted by Gasteiger charge is -2.21. The van der Waals surface area contributed by atoms with Crippen molar-refractivity contribution in [2.45, 2.75) is 0 Å². The summed E-state index contributed by atoms with van der Waals surface area (Å²) < 4.78 is 67.9. The Bertz CT molecular complexity index is 2830. The van der Waals surface area contributed by atoms with E-state index in [-0.39, 0.29) is 28.4 Å². The standard InChI is InChI=1S/C42H26O/c1-2-13-28(14-3-1)30-25-26-38-41(36-22-10-11-24-37(36)43-38)42(30)40-34-20-8-6-18-32(34)39(33-19-7-9-21-35(33)40)31-23-12-16-27-15-4-5-17-29(27)31/h1-26H/i4D,5D,12D,15D,16D,17D,23D. The van der Waals surface area contributed by atoms with Gasteiger partial charge in [-0.05, 0) is 72.3 Å². The van der Waals surface area contributed by atoms with E-state index in [4.69, 9.17) is 12.6 Å². The molecule has 0 fully saturated rings. The molecule has 200 valence electrons. The second-order valence-corrected chi connectivity index (χ2v) is 10.7. The minimum absolute atomic E-state index is 0.0646. The van der Waals surface area contributed by atoms with Crippen molar-refractivity contribution in [3.05, 3.63) is 158 Å². The number of furan rings is 1. The third-order valence-corrected chi connectivity index (χ3v) is 8.37. The lowest BCUT2D eigenvalue weighted by molar-refractivity contribution is 0.669. The Morgan fingerprint density at radius 2 is 1.00 bits per heavy atom. The fraction of sp³-hybridized carbons (Fsp3) is 0. The highest BCUT2D eigenvalue weighted by Gasteiger charge is 2.23. The van der Waals surface area contributed by atoms with E-state index in [1.165, 1.54) is 0 Å². The highest BCUT2D eigenvalue weighted by Crippen LogP contribution is 2.50. The summed E-state index contributed by atoms with van der Waals surface area (Å²) in [7, 11) is 0. The van der Waals surface area contributed by atoms with Crippen LogP contribution in [0, 0.1) is 0 Å². The summed E-state index contributed by atoms with van der Waals surface area (Å²) in [4.78, 5) is 0. The molecule has 0 bridgehead atoms. The molecule has 0 atom stereocenters. The maximum absolute atomic E-state index is 9.27. The van der Waals surface area contributed by atoms with E-state index in [1.807, 2.05) is 91.0 Å². The SMILES string of the molecule is [2H]c1c([2H])c([2H])c2c(-c3c4ccccc4c(-c4c(-c5ccccc5)ccc5oc6ccccc6c45)c4ccccc34)c([2H])c([2H])c([2H])c2c1[2H]. The summed E-state index contributed by atoms with van der Waals surface area (Å²) in [6.07, 6.45) is 0. The first-order chi connectivity index (χ1) is 24.3. The van der Waals surface area contributed by atoms with Crippen molar-refractivity contribution in [3.8, 4) is 33.4 Å². The number of fused-ring (bicyclic) bond motifs is 6. The first-order valence-electron chi connectivity index (χ1n) is 17.7. The molecule has 0 radical (unpaired) electrons.